The highest BCUT2D eigenvalue weighted by atomic mass is 16.5. The summed E-state index contributed by atoms with van der Waals surface area (Å²) in [5.74, 6) is 0.727. The second-order valence-electron chi connectivity index (χ2n) is 8.50. The second kappa shape index (κ2) is 8.28. The van der Waals surface area contributed by atoms with Crippen molar-refractivity contribution in [2.75, 3.05) is 19.7 Å². The van der Waals surface area contributed by atoms with Crippen molar-refractivity contribution >= 4 is 10.9 Å². The molecule has 0 aliphatic carbocycles. The smallest absolute Gasteiger partial charge is 0.253 e. The molecule has 2 saturated heterocycles. The molecule has 2 fully saturated rings. The van der Waals surface area contributed by atoms with Crippen LogP contribution < -0.4 is 5.56 Å². The van der Waals surface area contributed by atoms with E-state index in [1.54, 1.807) is 0 Å². The maximum atomic E-state index is 13.2. The van der Waals surface area contributed by atoms with Gasteiger partial charge in [0, 0.05) is 17.7 Å². The zero-order valence-electron chi connectivity index (χ0n) is 17.4. The molecule has 5 rings (SSSR count). The van der Waals surface area contributed by atoms with Crippen molar-refractivity contribution in [3.05, 3.63) is 51.6 Å². The quantitative estimate of drug-likeness (QED) is 0.698. The van der Waals surface area contributed by atoms with Gasteiger partial charge in [0.05, 0.1) is 12.6 Å². The van der Waals surface area contributed by atoms with Gasteiger partial charge in [0.15, 0.2) is 5.82 Å². The molecule has 0 amide bonds. The van der Waals surface area contributed by atoms with Gasteiger partial charge in [-0.15, -0.1) is 5.10 Å². The van der Waals surface area contributed by atoms with Crippen LogP contribution in [0.15, 0.2) is 29.1 Å². The van der Waals surface area contributed by atoms with Crippen molar-refractivity contribution in [3.63, 3.8) is 0 Å². The van der Waals surface area contributed by atoms with Crippen molar-refractivity contribution in [2.45, 2.75) is 57.7 Å². The van der Waals surface area contributed by atoms with Crippen molar-refractivity contribution in [3.8, 4) is 0 Å². The van der Waals surface area contributed by atoms with Gasteiger partial charge in [0.25, 0.3) is 5.56 Å². The number of likely N-dealkylation sites (tertiary alicyclic amines) is 1. The molecule has 2 unspecified atom stereocenters. The summed E-state index contributed by atoms with van der Waals surface area (Å²) in [5, 5.41) is 13.7. The second-order valence-corrected chi connectivity index (χ2v) is 8.50. The van der Waals surface area contributed by atoms with Gasteiger partial charge in [-0.2, -0.15) is 0 Å². The molecule has 3 aromatic rings. The number of hydrogen-bond acceptors (Lipinski definition) is 6. The zero-order chi connectivity index (χ0) is 20.5. The number of aryl methyl sites for hydroxylation is 1. The molecule has 1 N–H and O–H groups in total. The number of benzene rings is 1. The Morgan fingerprint density at radius 2 is 2.07 bits per heavy atom. The third kappa shape index (κ3) is 3.77. The van der Waals surface area contributed by atoms with E-state index in [0.29, 0.717) is 12.1 Å². The van der Waals surface area contributed by atoms with Crippen molar-refractivity contribution in [2.24, 2.45) is 0 Å². The number of pyridine rings is 1. The predicted molar refractivity (Wildman–Crippen MR) is 113 cm³/mol. The molecule has 1 aromatic carbocycles. The van der Waals surface area contributed by atoms with E-state index in [0.717, 1.165) is 62.1 Å². The van der Waals surface area contributed by atoms with Crippen LogP contribution in [-0.2, 0) is 11.3 Å². The van der Waals surface area contributed by atoms with Gasteiger partial charge in [0.2, 0.25) is 0 Å². The van der Waals surface area contributed by atoms with E-state index in [2.05, 4.69) is 38.4 Å². The lowest BCUT2D eigenvalue weighted by atomic mass is 10.00. The minimum atomic E-state index is -0.268. The Morgan fingerprint density at radius 1 is 1.20 bits per heavy atom. The summed E-state index contributed by atoms with van der Waals surface area (Å²) in [7, 11) is 0. The lowest BCUT2D eigenvalue weighted by molar-refractivity contribution is 0.0902. The van der Waals surface area contributed by atoms with Crippen LogP contribution in [0.25, 0.3) is 10.9 Å². The molecule has 0 bridgehead atoms. The Labute approximate surface area is 175 Å². The Kier molecular flexibility index (Phi) is 5.35. The number of tetrazole rings is 1. The van der Waals surface area contributed by atoms with E-state index in [9.17, 15) is 4.79 Å². The topological polar surface area (TPSA) is 88.9 Å². The summed E-state index contributed by atoms with van der Waals surface area (Å²) < 4.78 is 7.65. The van der Waals surface area contributed by atoms with E-state index in [1.165, 1.54) is 12.0 Å². The van der Waals surface area contributed by atoms with E-state index in [4.69, 9.17) is 4.74 Å². The van der Waals surface area contributed by atoms with Crippen molar-refractivity contribution in [1.82, 2.24) is 30.1 Å². The van der Waals surface area contributed by atoms with Crippen molar-refractivity contribution in [1.29, 1.82) is 0 Å². The predicted octanol–water partition coefficient (Wildman–Crippen LogP) is 2.58. The van der Waals surface area contributed by atoms with Crippen LogP contribution in [0.1, 0.15) is 55.1 Å². The third-order valence-corrected chi connectivity index (χ3v) is 6.28. The average Bonchev–Trinajstić information content (AvgIpc) is 3.43. The summed E-state index contributed by atoms with van der Waals surface area (Å²) >= 11 is 0. The summed E-state index contributed by atoms with van der Waals surface area (Å²) in [4.78, 5) is 18.6. The Balaban J connectivity index is 1.60. The minimum absolute atomic E-state index is 0.0754. The Morgan fingerprint density at radius 3 is 2.87 bits per heavy atom. The number of ether oxygens (including phenoxy) is 1. The minimum Gasteiger partial charge on any atom is -0.376 e. The molecular weight excluding hydrogens is 380 g/mol. The summed E-state index contributed by atoms with van der Waals surface area (Å²) in [6, 6.07) is 7.84. The van der Waals surface area contributed by atoms with Gasteiger partial charge in [0.1, 0.15) is 6.04 Å². The molecule has 8 heteroatoms. The Bertz CT molecular complexity index is 1080. The molecular formula is C22H28N6O2. The molecule has 158 valence electrons. The molecule has 2 aromatic heterocycles. The maximum Gasteiger partial charge on any atom is 0.253 e. The van der Waals surface area contributed by atoms with Crippen molar-refractivity contribution < 1.29 is 4.74 Å². The van der Waals surface area contributed by atoms with Gasteiger partial charge < -0.3 is 9.72 Å². The number of H-pyrrole nitrogens is 1. The van der Waals surface area contributed by atoms with E-state index in [1.807, 2.05) is 22.9 Å². The highest BCUT2D eigenvalue weighted by Crippen LogP contribution is 2.30. The standard InChI is InChI=1S/C22H28N6O2/c1-15-7-8-19-16(12-15)13-18(22(29)23-19)20(27-9-3-2-4-10-27)21-24-25-26-28(21)14-17-6-5-11-30-17/h7-8,12-13,17,20H,2-6,9-11,14H2,1H3,(H,23,29). The number of nitrogens with one attached hydrogen (secondary N) is 1. The fraction of sp³-hybridized carbons (Fsp3) is 0.545. The van der Waals surface area contributed by atoms with Crippen LogP contribution in [0.5, 0.6) is 0 Å². The van der Waals surface area contributed by atoms with Crippen LogP contribution in [0.3, 0.4) is 0 Å². The fourth-order valence-electron chi connectivity index (χ4n) is 4.74. The van der Waals surface area contributed by atoms with Gasteiger partial charge >= 0.3 is 0 Å². The molecule has 8 nitrogen and oxygen atoms in total. The van der Waals surface area contributed by atoms with Crippen LogP contribution in [0.2, 0.25) is 0 Å². The van der Waals surface area contributed by atoms with Gasteiger partial charge in [-0.3, -0.25) is 9.69 Å². The lowest BCUT2D eigenvalue weighted by Gasteiger charge is -2.33. The first-order valence-corrected chi connectivity index (χ1v) is 10.9. The molecule has 4 heterocycles. The number of hydrogen-bond donors (Lipinski definition) is 1. The van der Waals surface area contributed by atoms with Gasteiger partial charge in [-0.1, -0.05) is 18.1 Å². The fourth-order valence-corrected chi connectivity index (χ4v) is 4.74. The van der Waals surface area contributed by atoms with Crippen LogP contribution in [0.4, 0.5) is 0 Å². The van der Waals surface area contributed by atoms with Crippen LogP contribution >= 0.6 is 0 Å². The number of piperidine rings is 1. The number of nitrogens with zero attached hydrogens (tertiary/aromatic N) is 5. The SMILES string of the molecule is Cc1ccc2[nH]c(=O)c(C(c3nnnn3CC3CCCO3)N3CCCCC3)cc2c1. The van der Waals surface area contributed by atoms with E-state index >= 15 is 0 Å². The summed E-state index contributed by atoms with van der Waals surface area (Å²) in [6.45, 7) is 5.35. The Hall–Kier alpha value is -2.58. The first kappa shape index (κ1) is 19.4. The normalized spacial score (nSPS) is 21.3. The monoisotopic (exact) mass is 408 g/mol. The largest absolute Gasteiger partial charge is 0.376 e. The number of rotatable bonds is 5. The number of aromatic nitrogens is 5. The molecule has 0 spiro atoms. The highest BCUT2D eigenvalue weighted by Gasteiger charge is 2.32. The number of fused-ring (bicyclic) bond motifs is 1. The highest BCUT2D eigenvalue weighted by molar-refractivity contribution is 5.79. The van der Waals surface area contributed by atoms with Crippen LogP contribution in [-0.4, -0.2) is 55.9 Å². The number of aromatic amines is 1. The third-order valence-electron chi connectivity index (χ3n) is 6.28. The zero-order valence-corrected chi connectivity index (χ0v) is 17.4. The van der Waals surface area contributed by atoms with E-state index < -0.39 is 0 Å². The molecule has 2 atom stereocenters. The maximum absolute atomic E-state index is 13.2. The average molecular weight is 409 g/mol. The molecule has 0 saturated carbocycles. The molecule has 2 aliphatic rings. The molecule has 30 heavy (non-hydrogen) atoms. The summed E-state index contributed by atoms with van der Waals surface area (Å²) in [5.41, 5.74) is 2.65. The van der Waals surface area contributed by atoms with Gasteiger partial charge in [-0.05, 0) is 79.7 Å². The molecule has 2 aliphatic heterocycles. The van der Waals surface area contributed by atoms with E-state index in [-0.39, 0.29) is 17.7 Å². The molecule has 0 radical (unpaired) electrons. The first-order chi connectivity index (χ1) is 14.7. The van der Waals surface area contributed by atoms with Gasteiger partial charge in [-0.25, -0.2) is 4.68 Å². The first-order valence-electron chi connectivity index (χ1n) is 10.9. The van der Waals surface area contributed by atoms with Crippen LogP contribution in [0, 0.1) is 6.92 Å². The summed E-state index contributed by atoms with van der Waals surface area (Å²) in [6.07, 6.45) is 5.68. The lowest BCUT2D eigenvalue weighted by Crippen LogP contribution is -2.39.